The molecule has 0 spiro atoms. The van der Waals surface area contributed by atoms with Gasteiger partial charge < -0.3 is 20.5 Å². The lowest BCUT2D eigenvalue weighted by molar-refractivity contribution is -0.143. The van der Waals surface area contributed by atoms with E-state index in [2.05, 4.69) is 34.5 Å². The van der Waals surface area contributed by atoms with Crippen LogP contribution in [0.1, 0.15) is 28.8 Å². The number of amides is 1. The lowest BCUT2D eigenvalue weighted by Gasteiger charge is -2.26. The summed E-state index contributed by atoms with van der Waals surface area (Å²) in [6.07, 6.45) is 1.38. The van der Waals surface area contributed by atoms with E-state index in [1.807, 2.05) is 12.1 Å². The van der Waals surface area contributed by atoms with Gasteiger partial charge in [0.25, 0.3) is 5.91 Å². The van der Waals surface area contributed by atoms with Gasteiger partial charge in [0, 0.05) is 30.7 Å². The summed E-state index contributed by atoms with van der Waals surface area (Å²) >= 11 is 0. The van der Waals surface area contributed by atoms with Crippen molar-refractivity contribution in [3.63, 3.8) is 0 Å². The Bertz CT molecular complexity index is 917. The molecule has 0 bridgehead atoms. The molecule has 2 aliphatic rings. The third kappa shape index (κ3) is 5.12. The third-order valence-corrected chi connectivity index (χ3v) is 6.06. The Balaban J connectivity index is 1.39. The van der Waals surface area contributed by atoms with E-state index in [0.717, 1.165) is 44.0 Å². The second-order valence-electron chi connectivity index (χ2n) is 8.33. The Morgan fingerprint density at radius 3 is 2.19 bits per heavy atom. The van der Waals surface area contributed by atoms with E-state index in [9.17, 15) is 9.59 Å². The van der Waals surface area contributed by atoms with E-state index in [-0.39, 0.29) is 5.91 Å². The monoisotopic (exact) mass is 423 g/mol. The average Bonchev–Trinajstić information content (AvgIpc) is 3.56. The molecule has 1 aliphatic heterocycles. The maximum absolute atomic E-state index is 12.6. The first-order valence-corrected chi connectivity index (χ1v) is 10.7. The van der Waals surface area contributed by atoms with E-state index >= 15 is 0 Å². The molecule has 1 saturated carbocycles. The van der Waals surface area contributed by atoms with Crippen LogP contribution in [-0.2, 0) is 20.8 Å². The van der Waals surface area contributed by atoms with Crippen LogP contribution in [0.15, 0.2) is 48.5 Å². The van der Waals surface area contributed by atoms with Gasteiger partial charge in [-0.15, -0.1) is 0 Å². The van der Waals surface area contributed by atoms with Crippen molar-refractivity contribution in [2.24, 2.45) is 5.73 Å². The Kier molecular flexibility index (Phi) is 6.36. The Hall–Kier alpha value is -2.74. The molecule has 31 heavy (non-hydrogen) atoms. The largest absolute Gasteiger partial charge is 0.467 e. The first kappa shape index (κ1) is 21.5. The molecular weight excluding hydrogens is 394 g/mol. The smallest absolute Gasteiger partial charge is 0.330 e. The molecular formula is C24H29N3O4. The Labute approximate surface area is 182 Å². The molecule has 2 aromatic carbocycles. The molecule has 2 fully saturated rings. The highest BCUT2D eigenvalue weighted by Gasteiger charge is 2.50. The van der Waals surface area contributed by atoms with Crippen molar-refractivity contribution in [3.05, 3.63) is 59.7 Å². The Morgan fingerprint density at radius 2 is 1.65 bits per heavy atom. The predicted octanol–water partition coefficient (Wildman–Crippen LogP) is 1.95. The highest BCUT2D eigenvalue weighted by atomic mass is 16.5. The molecule has 1 amide bonds. The molecule has 4 rings (SSSR count). The molecule has 3 N–H and O–H groups in total. The van der Waals surface area contributed by atoms with E-state index in [1.54, 1.807) is 12.1 Å². The van der Waals surface area contributed by atoms with Crippen molar-refractivity contribution in [2.45, 2.75) is 31.0 Å². The molecule has 1 atom stereocenters. The lowest BCUT2D eigenvalue weighted by Crippen LogP contribution is -2.54. The number of rotatable bonds is 7. The molecule has 1 heterocycles. The van der Waals surface area contributed by atoms with Crippen molar-refractivity contribution in [2.75, 3.05) is 33.4 Å². The fraction of sp³-hybridized carbons (Fsp3) is 0.417. The number of nitrogens with zero attached hydrogens (tertiary/aromatic N) is 1. The molecule has 0 aromatic heterocycles. The minimum Gasteiger partial charge on any atom is -0.467 e. The van der Waals surface area contributed by atoms with Gasteiger partial charge in [-0.2, -0.15) is 0 Å². The van der Waals surface area contributed by atoms with Crippen molar-refractivity contribution < 1.29 is 19.1 Å². The van der Waals surface area contributed by atoms with E-state index in [4.69, 9.17) is 15.2 Å². The van der Waals surface area contributed by atoms with Crippen LogP contribution in [-0.4, -0.2) is 61.8 Å². The fourth-order valence-electron chi connectivity index (χ4n) is 3.84. The minimum atomic E-state index is -0.830. The van der Waals surface area contributed by atoms with Gasteiger partial charge in [0.05, 0.1) is 20.3 Å². The van der Waals surface area contributed by atoms with Crippen molar-refractivity contribution >= 4 is 11.9 Å². The van der Waals surface area contributed by atoms with Gasteiger partial charge in [0.1, 0.15) is 6.04 Å². The number of nitrogens with two attached hydrogens (primary N) is 1. The van der Waals surface area contributed by atoms with Crippen LogP contribution in [0.3, 0.4) is 0 Å². The summed E-state index contributed by atoms with van der Waals surface area (Å²) < 4.78 is 10.2. The second kappa shape index (κ2) is 9.18. The molecule has 1 unspecified atom stereocenters. The van der Waals surface area contributed by atoms with Gasteiger partial charge in [0.2, 0.25) is 0 Å². The number of hydrogen-bond donors (Lipinski definition) is 2. The number of benzene rings is 2. The zero-order valence-corrected chi connectivity index (χ0v) is 17.8. The average molecular weight is 424 g/mol. The highest BCUT2D eigenvalue weighted by Crippen LogP contribution is 2.36. The van der Waals surface area contributed by atoms with Crippen molar-refractivity contribution in [1.29, 1.82) is 0 Å². The maximum atomic E-state index is 12.6. The van der Waals surface area contributed by atoms with Crippen LogP contribution in [0.25, 0.3) is 11.1 Å². The van der Waals surface area contributed by atoms with Gasteiger partial charge in [-0.25, -0.2) is 4.79 Å². The summed E-state index contributed by atoms with van der Waals surface area (Å²) in [6, 6.07) is 15.0. The van der Waals surface area contributed by atoms with Crippen LogP contribution in [0.4, 0.5) is 0 Å². The molecule has 2 aromatic rings. The fourth-order valence-corrected chi connectivity index (χ4v) is 3.84. The number of esters is 1. The normalized spacial score (nSPS) is 18.8. The standard InChI is InChI=1S/C24H29N3O4/c1-30-23(29)21(24(25)10-11-24)26-22(28)20-8-6-19(7-9-20)18-4-2-17(3-5-18)16-27-12-14-31-15-13-27/h2-9,21H,10-16,25H2,1H3,(H,26,28). The van der Waals surface area contributed by atoms with Gasteiger partial charge in [-0.1, -0.05) is 36.4 Å². The zero-order valence-electron chi connectivity index (χ0n) is 17.8. The lowest BCUT2D eigenvalue weighted by atomic mass is 10.0. The first-order valence-electron chi connectivity index (χ1n) is 10.7. The predicted molar refractivity (Wildman–Crippen MR) is 117 cm³/mol. The topological polar surface area (TPSA) is 93.9 Å². The quantitative estimate of drug-likeness (QED) is 0.661. The first-order chi connectivity index (χ1) is 15.0. The second-order valence-corrected chi connectivity index (χ2v) is 8.33. The molecule has 0 radical (unpaired) electrons. The Morgan fingerprint density at radius 1 is 1.06 bits per heavy atom. The van der Waals surface area contributed by atoms with Gasteiger partial charge in [-0.3, -0.25) is 9.69 Å². The minimum absolute atomic E-state index is 0.334. The summed E-state index contributed by atoms with van der Waals surface area (Å²) in [4.78, 5) is 27.1. The van der Waals surface area contributed by atoms with E-state index in [1.165, 1.54) is 12.7 Å². The molecule has 1 saturated heterocycles. The summed E-state index contributed by atoms with van der Waals surface area (Å²) in [7, 11) is 1.30. The highest BCUT2D eigenvalue weighted by molar-refractivity contribution is 5.97. The number of hydrogen-bond acceptors (Lipinski definition) is 6. The number of methoxy groups -OCH3 is 1. The molecule has 7 nitrogen and oxygen atoms in total. The number of nitrogens with one attached hydrogen (secondary N) is 1. The van der Waals surface area contributed by atoms with Crippen LogP contribution >= 0.6 is 0 Å². The summed E-state index contributed by atoms with van der Waals surface area (Å²) in [5.41, 5.74) is 9.30. The third-order valence-electron chi connectivity index (χ3n) is 6.06. The zero-order chi connectivity index (χ0) is 21.8. The van der Waals surface area contributed by atoms with Crippen LogP contribution in [0, 0.1) is 0 Å². The van der Waals surface area contributed by atoms with Crippen molar-refractivity contribution in [1.82, 2.24) is 10.2 Å². The number of morpholine rings is 1. The van der Waals surface area contributed by atoms with Crippen LogP contribution in [0.5, 0.6) is 0 Å². The SMILES string of the molecule is COC(=O)C(NC(=O)c1ccc(-c2ccc(CN3CCOCC3)cc2)cc1)C1(N)CC1. The molecule has 7 heteroatoms. The maximum Gasteiger partial charge on any atom is 0.330 e. The van der Waals surface area contributed by atoms with Crippen LogP contribution in [0.2, 0.25) is 0 Å². The summed E-state index contributed by atoms with van der Waals surface area (Å²) in [5.74, 6) is -0.846. The van der Waals surface area contributed by atoms with Crippen LogP contribution < -0.4 is 11.1 Å². The van der Waals surface area contributed by atoms with E-state index < -0.39 is 17.6 Å². The van der Waals surface area contributed by atoms with Gasteiger partial charge >= 0.3 is 5.97 Å². The number of ether oxygens (including phenoxy) is 2. The summed E-state index contributed by atoms with van der Waals surface area (Å²) in [6.45, 7) is 4.45. The van der Waals surface area contributed by atoms with Gasteiger partial charge in [0.15, 0.2) is 0 Å². The number of carbonyl (C=O) groups excluding carboxylic acids is 2. The molecule has 164 valence electrons. The number of carbonyl (C=O) groups is 2. The van der Waals surface area contributed by atoms with Crippen molar-refractivity contribution in [3.8, 4) is 11.1 Å². The molecule has 1 aliphatic carbocycles. The van der Waals surface area contributed by atoms with Gasteiger partial charge in [-0.05, 0) is 41.7 Å². The summed E-state index contributed by atoms with van der Waals surface area (Å²) in [5, 5.41) is 2.74. The van der Waals surface area contributed by atoms with E-state index in [0.29, 0.717) is 18.4 Å².